The third-order valence-electron chi connectivity index (χ3n) is 1.52. The van der Waals surface area contributed by atoms with E-state index in [2.05, 4.69) is 0 Å². The van der Waals surface area contributed by atoms with Gasteiger partial charge in [-0.15, -0.1) is 0 Å². The van der Waals surface area contributed by atoms with Gasteiger partial charge in [-0.05, 0) is 25.5 Å². The average Bonchev–Trinajstić information content (AvgIpc) is 1.96. The van der Waals surface area contributed by atoms with E-state index in [-0.39, 0.29) is 11.3 Å². The van der Waals surface area contributed by atoms with Gasteiger partial charge in [0.05, 0.1) is 11.8 Å². The molecule has 0 aromatic carbocycles. The number of ketones is 1. The van der Waals surface area contributed by atoms with Crippen LogP contribution in [0.15, 0.2) is 17.1 Å². The fraction of sp³-hybridized carbons (Fsp3) is 0.250. The summed E-state index contributed by atoms with van der Waals surface area (Å²) in [5, 5.41) is 8.98. The van der Waals surface area contributed by atoms with E-state index in [4.69, 9.17) is 5.21 Å². The predicted octanol–water partition coefficient (Wildman–Crippen LogP) is 0.597. The number of carbonyl (C=O) groups excluding carboxylic acids is 1. The van der Waals surface area contributed by atoms with Crippen LogP contribution in [0.4, 0.5) is 0 Å². The van der Waals surface area contributed by atoms with Crippen molar-refractivity contribution in [1.82, 2.24) is 4.73 Å². The van der Waals surface area contributed by atoms with Crippen LogP contribution in [0.1, 0.15) is 22.8 Å². The van der Waals surface area contributed by atoms with Gasteiger partial charge in [-0.1, -0.05) is 0 Å². The lowest BCUT2D eigenvalue weighted by molar-refractivity contribution is 0.100. The third-order valence-corrected chi connectivity index (χ3v) is 1.52. The Balaban J connectivity index is 3.49. The number of hydrogen-bond donors (Lipinski definition) is 1. The molecule has 0 unspecified atom stereocenters. The number of pyridine rings is 1. The third kappa shape index (κ3) is 1.37. The standard InChI is InChI=1S/C8H9NO3/c1-5-3-7(6(2)10)8(11)9(12)4-5/h3-4,12H,1-2H3. The molecule has 0 aliphatic rings. The summed E-state index contributed by atoms with van der Waals surface area (Å²) < 4.78 is 0.423. The minimum atomic E-state index is -0.673. The highest BCUT2D eigenvalue weighted by Gasteiger charge is 2.07. The van der Waals surface area contributed by atoms with Gasteiger partial charge >= 0.3 is 0 Å². The molecular formula is C8H9NO3. The van der Waals surface area contributed by atoms with E-state index in [9.17, 15) is 9.59 Å². The Morgan fingerprint density at radius 1 is 1.58 bits per heavy atom. The average molecular weight is 167 g/mol. The number of Topliss-reactive ketones (excluding diaryl/α,β-unsaturated/α-hetero) is 1. The normalized spacial score (nSPS) is 9.83. The van der Waals surface area contributed by atoms with E-state index in [0.717, 1.165) is 0 Å². The van der Waals surface area contributed by atoms with Crippen LogP contribution in [0.25, 0.3) is 0 Å². The Hall–Kier alpha value is -1.58. The minimum absolute atomic E-state index is 0.0116. The zero-order valence-electron chi connectivity index (χ0n) is 6.87. The Bertz CT molecular complexity index is 378. The Kier molecular flexibility index (Phi) is 1.99. The highest BCUT2D eigenvalue weighted by molar-refractivity contribution is 5.93. The van der Waals surface area contributed by atoms with Crippen LogP contribution in [-0.4, -0.2) is 15.7 Å². The molecule has 0 aliphatic heterocycles. The molecule has 1 N–H and O–H groups in total. The summed E-state index contributed by atoms with van der Waals surface area (Å²) in [6.45, 7) is 2.98. The monoisotopic (exact) mass is 167 g/mol. The molecule has 1 heterocycles. The molecule has 0 bridgehead atoms. The van der Waals surface area contributed by atoms with Crippen LogP contribution in [0, 0.1) is 6.92 Å². The Morgan fingerprint density at radius 2 is 2.17 bits per heavy atom. The second kappa shape index (κ2) is 2.81. The number of nitrogens with zero attached hydrogens (tertiary/aromatic N) is 1. The summed E-state index contributed by atoms with van der Waals surface area (Å²) in [4.78, 5) is 21.9. The lowest BCUT2D eigenvalue weighted by Crippen LogP contribution is -2.23. The summed E-state index contributed by atoms with van der Waals surface area (Å²) in [5.41, 5.74) is 0.00731. The molecule has 64 valence electrons. The molecule has 4 heteroatoms. The zero-order chi connectivity index (χ0) is 9.30. The number of aromatic nitrogens is 1. The molecule has 4 nitrogen and oxygen atoms in total. The van der Waals surface area contributed by atoms with Gasteiger partial charge in [0, 0.05) is 0 Å². The molecule has 0 fully saturated rings. The second-order valence-electron chi connectivity index (χ2n) is 2.64. The van der Waals surface area contributed by atoms with Crippen molar-refractivity contribution in [2.45, 2.75) is 13.8 Å². The minimum Gasteiger partial charge on any atom is -0.425 e. The molecule has 12 heavy (non-hydrogen) atoms. The van der Waals surface area contributed by atoms with Gasteiger partial charge < -0.3 is 5.21 Å². The Morgan fingerprint density at radius 3 is 2.67 bits per heavy atom. The molecule has 1 aromatic rings. The van der Waals surface area contributed by atoms with Crippen LogP contribution < -0.4 is 5.56 Å². The molecule has 0 atom stereocenters. The van der Waals surface area contributed by atoms with E-state index in [0.29, 0.717) is 10.3 Å². The maximum absolute atomic E-state index is 11.1. The van der Waals surface area contributed by atoms with Crippen molar-refractivity contribution in [2.24, 2.45) is 0 Å². The maximum atomic E-state index is 11.1. The first kappa shape index (κ1) is 8.52. The molecule has 0 saturated carbocycles. The molecule has 0 amide bonds. The van der Waals surface area contributed by atoms with Crippen LogP contribution in [-0.2, 0) is 0 Å². The van der Waals surface area contributed by atoms with E-state index in [1.807, 2.05) is 0 Å². The van der Waals surface area contributed by atoms with Crippen LogP contribution >= 0.6 is 0 Å². The van der Waals surface area contributed by atoms with Crippen molar-refractivity contribution in [2.75, 3.05) is 0 Å². The summed E-state index contributed by atoms with van der Waals surface area (Å²) >= 11 is 0. The molecular weight excluding hydrogens is 158 g/mol. The maximum Gasteiger partial charge on any atom is 0.293 e. The van der Waals surface area contributed by atoms with E-state index >= 15 is 0 Å². The largest absolute Gasteiger partial charge is 0.425 e. The highest BCUT2D eigenvalue weighted by atomic mass is 16.5. The molecule has 0 radical (unpaired) electrons. The second-order valence-corrected chi connectivity index (χ2v) is 2.64. The highest BCUT2D eigenvalue weighted by Crippen LogP contribution is 1.98. The number of carbonyl (C=O) groups is 1. The summed E-state index contributed by atoms with van der Waals surface area (Å²) in [5.74, 6) is -0.341. The van der Waals surface area contributed by atoms with Crippen molar-refractivity contribution in [1.29, 1.82) is 0 Å². The molecule has 0 saturated heterocycles. The van der Waals surface area contributed by atoms with Crippen molar-refractivity contribution in [3.8, 4) is 0 Å². The van der Waals surface area contributed by atoms with E-state index in [1.54, 1.807) is 6.92 Å². The van der Waals surface area contributed by atoms with Gasteiger partial charge in [0.1, 0.15) is 0 Å². The van der Waals surface area contributed by atoms with E-state index < -0.39 is 5.56 Å². The first-order valence-electron chi connectivity index (χ1n) is 3.46. The van der Waals surface area contributed by atoms with Crippen LogP contribution in [0.2, 0.25) is 0 Å². The van der Waals surface area contributed by atoms with Crippen LogP contribution in [0.5, 0.6) is 0 Å². The van der Waals surface area contributed by atoms with Crippen molar-refractivity contribution in [3.63, 3.8) is 0 Å². The molecule has 1 rings (SSSR count). The van der Waals surface area contributed by atoms with Gasteiger partial charge in [-0.25, -0.2) is 0 Å². The van der Waals surface area contributed by atoms with Crippen molar-refractivity contribution < 1.29 is 10.0 Å². The summed E-state index contributed by atoms with van der Waals surface area (Å²) in [6.07, 6.45) is 1.26. The lowest BCUT2D eigenvalue weighted by Gasteiger charge is -2.00. The lowest BCUT2D eigenvalue weighted by atomic mass is 10.1. The van der Waals surface area contributed by atoms with Crippen molar-refractivity contribution in [3.05, 3.63) is 33.7 Å². The summed E-state index contributed by atoms with van der Waals surface area (Å²) in [6, 6.07) is 1.46. The van der Waals surface area contributed by atoms with Crippen LogP contribution in [0.3, 0.4) is 0 Å². The molecule has 0 aliphatic carbocycles. The predicted molar refractivity (Wildman–Crippen MR) is 42.6 cm³/mol. The quantitative estimate of drug-likeness (QED) is 0.492. The molecule has 1 aromatic heterocycles. The number of rotatable bonds is 1. The molecule has 0 spiro atoms. The van der Waals surface area contributed by atoms with Crippen molar-refractivity contribution >= 4 is 5.78 Å². The zero-order valence-corrected chi connectivity index (χ0v) is 6.87. The smallest absolute Gasteiger partial charge is 0.293 e. The van der Waals surface area contributed by atoms with Gasteiger partial charge in [-0.3, -0.25) is 9.59 Å². The Labute approximate surface area is 69.0 Å². The van der Waals surface area contributed by atoms with Gasteiger partial charge in [0.2, 0.25) is 0 Å². The van der Waals surface area contributed by atoms with Gasteiger partial charge in [-0.2, -0.15) is 4.73 Å². The van der Waals surface area contributed by atoms with E-state index in [1.165, 1.54) is 19.2 Å². The summed E-state index contributed by atoms with van der Waals surface area (Å²) in [7, 11) is 0. The fourth-order valence-corrected chi connectivity index (χ4v) is 0.954. The fourth-order valence-electron chi connectivity index (χ4n) is 0.954. The number of aryl methyl sites for hydroxylation is 1. The topological polar surface area (TPSA) is 59.3 Å². The first-order chi connectivity index (χ1) is 5.52. The number of hydrogen-bond acceptors (Lipinski definition) is 3. The van der Waals surface area contributed by atoms with Gasteiger partial charge in [0.25, 0.3) is 5.56 Å². The SMILES string of the molecule is CC(=O)c1cc(C)cn(O)c1=O. The van der Waals surface area contributed by atoms with Gasteiger partial charge in [0.15, 0.2) is 5.78 Å². The first-order valence-corrected chi connectivity index (χ1v) is 3.46.